The van der Waals surface area contributed by atoms with E-state index in [2.05, 4.69) is 38.0 Å². The number of nitrogens with zero attached hydrogens (tertiary/aromatic N) is 1. The number of oxazole rings is 1. The van der Waals surface area contributed by atoms with Gasteiger partial charge in [-0.1, -0.05) is 27.7 Å². The van der Waals surface area contributed by atoms with Crippen molar-refractivity contribution in [1.29, 1.82) is 0 Å². The van der Waals surface area contributed by atoms with E-state index < -0.39 is 0 Å². The average molecular weight is 210 g/mol. The van der Waals surface area contributed by atoms with Crippen LogP contribution in [0.25, 0.3) is 0 Å². The zero-order valence-electron chi connectivity index (χ0n) is 10.2. The second kappa shape index (κ2) is 5.91. The van der Waals surface area contributed by atoms with Crippen molar-refractivity contribution in [2.24, 2.45) is 0 Å². The molecule has 1 N–H and O–H groups in total. The van der Waals surface area contributed by atoms with Gasteiger partial charge in [-0.05, 0) is 13.0 Å². The maximum Gasteiger partial charge on any atom is 0.194 e. The molecule has 0 bridgehead atoms. The van der Waals surface area contributed by atoms with E-state index in [0.29, 0.717) is 12.0 Å². The number of hydrogen-bond donors (Lipinski definition) is 1. The zero-order valence-corrected chi connectivity index (χ0v) is 10.2. The van der Waals surface area contributed by atoms with E-state index >= 15 is 0 Å². The Morgan fingerprint density at radius 1 is 1.33 bits per heavy atom. The molecule has 1 rings (SSSR count). The van der Waals surface area contributed by atoms with Gasteiger partial charge < -0.3 is 9.73 Å². The molecule has 0 unspecified atom stereocenters. The van der Waals surface area contributed by atoms with Crippen LogP contribution in [-0.2, 0) is 6.42 Å². The Morgan fingerprint density at radius 3 is 2.60 bits per heavy atom. The van der Waals surface area contributed by atoms with Gasteiger partial charge in [0.1, 0.15) is 5.76 Å². The highest BCUT2D eigenvalue weighted by Gasteiger charge is 2.06. The van der Waals surface area contributed by atoms with Crippen molar-refractivity contribution in [1.82, 2.24) is 10.3 Å². The summed E-state index contributed by atoms with van der Waals surface area (Å²) in [5.74, 6) is 2.28. The molecule has 86 valence electrons. The molecule has 0 saturated heterocycles. The van der Waals surface area contributed by atoms with Gasteiger partial charge in [-0.3, -0.25) is 0 Å². The summed E-state index contributed by atoms with van der Waals surface area (Å²) < 4.78 is 5.61. The number of aromatic nitrogens is 1. The van der Waals surface area contributed by atoms with E-state index in [-0.39, 0.29) is 0 Å². The van der Waals surface area contributed by atoms with Crippen molar-refractivity contribution in [3.8, 4) is 0 Å². The van der Waals surface area contributed by atoms with Crippen molar-refractivity contribution in [3.05, 3.63) is 17.8 Å². The van der Waals surface area contributed by atoms with E-state index in [1.54, 1.807) is 0 Å². The molecule has 0 spiro atoms. The molecule has 0 radical (unpaired) electrons. The minimum absolute atomic E-state index is 0.431. The molecule has 0 saturated carbocycles. The molecule has 1 aromatic heterocycles. The highest BCUT2D eigenvalue weighted by atomic mass is 16.4. The largest absolute Gasteiger partial charge is 0.445 e. The molecule has 3 nitrogen and oxygen atoms in total. The van der Waals surface area contributed by atoms with Crippen molar-refractivity contribution >= 4 is 0 Å². The van der Waals surface area contributed by atoms with Gasteiger partial charge in [-0.15, -0.1) is 0 Å². The number of rotatable bonds is 6. The highest BCUT2D eigenvalue weighted by Crippen LogP contribution is 2.15. The Hall–Kier alpha value is -0.830. The Bertz CT molecular complexity index is 279. The lowest BCUT2D eigenvalue weighted by atomic mass is 10.2. The summed E-state index contributed by atoms with van der Waals surface area (Å²) in [6.07, 6.45) is 3.85. The minimum Gasteiger partial charge on any atom is -0.445 e. The number of aryl methyl sites for hydroxylation is 1. The van der Waals surface area contributed by atoms with Crippen LogP contribution < -0.4 is 5.32 Å². The first kappa shape index (κ1) is 12.2. The molecule has 1 heterocycles. The molecule has 0 atom stereocenters. The molecular formula is C12H22N2O. The van der Waals surface area contributed by atoms with E-state index in [0.717, 1.165) is 31.0 Å². The molecule has 3 heteroatoms. The SMILES string of the molecule is CC(C)NCCCc1ncc(C(C)C)o1. The van der Waals surface area contributed by atoms with Crippen LogP contribution in [0, 0.1) is 0 Å². The van der Waals surface area contributed by atoms with E-state index in [1.165, 1.54) is 0 Å². The summed E-state index contributed by atoms with van der Waals surface area (Å²) in [5, 5.41) is 3.38. The van der Waals surface area contributed by atoms with Crippen molar-refractivity contribution < 1.29 is 4.42 Å². The third-order valence-corrected chi connectivity index (χ3v) is 2.26. The number of nitrogens with one attached hydrogen (secondary N) is 1. The van der Waals surface area contributed by atoms with Crippen LogP contribution in [0.5, 0.6) is 0 Å². The second-order valence-electron chi connectivity index (χ2n) is 4.52. The van der Waals surface area contributed by atoms with E-state index in [4.69, 9.17) is 4.42 Å². The molecule has 0 amide bonds. The highest BCUT2D eigenvalue weighted by molar-refractivity contribution is 4.98. The van der Waals surface area contributed by atoms with Crippen LogP contribution in [0.2, 0.25) is 0 Å². The van der Waals surface area contributed by atoms with Crippen LogP contribution >= 0.6 is 0 Å². The Morgan fingerprint density at radius 2 is 2.07 bits per heavy atom. The van der Waals surface area contributed by atoms with Gasteiger partial charge in [-0.25, -0.2) is 4.98 Å². The van der Waals surface area contributed by atoms with Gasteiger partial charge in [0.15, 0.2) is 5.89 Å². The Labute approximate surface area is 92.3 Å². The lowest BCUT2D eigenvalue weighted by Gasteiger charge is -2.06. The van der Waals surface area contributed by atoms with Crippen LogP contribution in [0.1, 0.15) is 51.7 Å². The van der Waals surface area contributed by atoms with Crippen molar-refractivity contribution in [3.63, 3.8) is 0 Å². The van der Waals surface area contributed by atoms with E-state index in [9.17, 15) is 0 Å². The zero-order chi connectivity index (χ0) is 11.3. The lowest BCUT2D eigenvalue weighted by Crippen LogP contribution is -2.23. The average Bonchev–Trinajstić information content (AvgIpc) is 2.60. The van der Waals surface area contributed by atoms with E-state index in [1.807, 2.05) is 6.20 Å². The van der Waals surface area contributed by atoms with Gasteiger partial charge >= 0.3 is 0 Å². The lowest BCUT2D eigenvalue weighted by molar-refractivity contribution is 0.430. The van der Waals surface area contributed by atoms with Crippen LogP contribution in [0.4, 0.5) is 0 Å². The summed E-state index contributed by atoms with van der Waals surface area (Å²) in [6, 6.07) is 0.556. The fraction of sp³-hybridized carbons (Fsp3) is 0.750. The smallest absolute Gasteiger partial charge is 0.194 e. The molecular weight excluding hydrogens is 188 g/mol. The predicted octanol–water partition coefficient (Wildman–Crippen LogP) is 2.73. The quantitative estimate of drug-likeness (QED) is 0.734. The third-order valence-electron chi connectivity index (χ3n) is 2.26. The topological polar surface area (TPSA) is 38.1 Å². The van der Waals surface area contributed by atoms with Gasteiger partial charge in [0.2, 0.25) is 0 Å². The summed E-state index contributed by atoms with van der Waals surface area (Å²) in [5.41, 5.74) is 0. The second-order valence-corrected chi connectivity index (χ2v) is 4.52. The third kappa shape index (κ3) is 4.47. The monoisotopic (exact) mass is 210 g/mol. The Balaban J connectivity index is 2.26. The van der Waals surface area contributed by atoms with Crippen LogP contribution in [-0.4, -0.2) is 17.6 Å². The molecule has 0 aliphatic rings. The normalized spacial score (nSPS) is 11.6. The van der Waals surface area contributed by atoms with Crippen molar-refractivity contribution in [2.45, 2.75) is 52.5 Å². The standard InChI is InChI=1S/C12H22N2O/c1-9(2)11-8-14-12(15-11)6-5-7-13-10(3)4/h8-10,13H,5-7H2,1-4H3. The van der Waals surface area contributed by atoms with Crippen LogP contribution in [0.15, 0.2) is 10.6 Å². The Kier molecular flexibility index (Phi) is 4.82. The molecule has 1 aromatic rings. The molecule has 15 heavy (non-hydrogen) atoms. The first-order chi connectivity index (χ1) is 7.09. The summed E-state index contributed by atoms with van der Waals surface area (Å²) in [4.78, 5) is 4.26. The van der Waals surface area contributed by atoms with Gasteiger partial charge in [-0.2, -0.15) is 0 Å². The fourth-order valence-electron chi connectivity index (χ4n) is 1.34. The van der Waals surface area contributed by atoms with Crippen LogP contribution in [0.3, 0.4) is 0 Å². The maximum absolute atomic E-state index is 5.61. The first-order valence-electron chi connectivity index (χ1n) is 5.77. The fourth-order valence-corrected chi connectivity index (χ4v) is 1.34. The molecule has 0 aliphatic carbocycles. The maximum atomic E-state index is 5.61. The summed E-state index contributed by atoms with van der Waals surface area (Å²) in [6.45, 7) is 9.57. The predicted molar refractivity (Wildman–Crippen MR) is 62.1 cm³/mol. The van der Waals surface area contributed by atoms with Gasteiger partial charge in [0, 0.05) is 18.4 Å². The van der Waals surface area contributed by atoms with Gasteiger partial charge in [0.25, 0.3) is 0 Å². The summed E-state index contributed by atoms with van der Waals surface area (Å²) >= 11 is 0. The van der Waals surface area contributed by atoms with Crippen molar-refractivity contribution in [2.75, 3.05) is 6.54 Å². The summed E-state index contributed by atoms with van der Waals surface area (Å²) in [7, 11) is 0. The first-order valence-corrected chi connectivity index (χ1v) is 5.77. The number of hydrogen-bond acceptors (Lipinski definition) is 3. The minimum atomic E-state index is 0.431. The molecule has 0 aliphatic heterocycles. The molecule has 0 aromatic carbocycles. The molecule has 0 fully saturated rings. The van der Waals surface area contributed by atoms with Gasteiger partial charge in [0.05, 0.1) is 6.20 Å².